The molecule has 0 saturated heterocycles. The Balaban J connectivity index is 1.95. The molecule has 0 aliphatic carbocycles. The van der Waals surface area contributed by atoms with Crippen molar-refractivity contribution >= 4 is 16.8 Å². The topological polar surface area (TPSA) is 60.3 Å². The lowest BCUT2D eigenvalue weighted by atomic mass is 10.1. The number of nitrogens with zero attached hydrogens (tertiary/aromatic N) is 1. The average Bonchev–Trinajstić information content (AvgIpc) is 2.68. The van der Waals surface area contributed by atoms with Crippen molar-refractivity contribution in [2.75, 3.05) is 7.11 Å². The number of carbonyl (C=O) groups excluding carboxylic acids is 1. The summed E-state index contributed by atoms with van der Waals surface area (Å²) in [6.45, 7) is 6.50. The molecular weight excluding hydrogens is 340 g/mol. The van der Waals surface area contributed by atoms with E-state index in [9.17, 15) is 9.59 Å². The fourth-order valence-corrected chi connectivity index (χ4v) is 3.18. The minimum atomic E-state index is -0.367. The molecule has 0 radical (unpaired) electrons. The van der Waals surface area contributed by atoms with Crippen LogP contribution in [0.4, 0.5) is 0 Å². The number of benzene rings is 2. The van der Waals surface area contributed by atoms with Gasteiger partial charge in [-0.05, 0) is 50.6 Å². The summed E-state index contributed by atoms with van der Waals surface area (Å²) in [5.41, 5.74) is 2.70. The van der Waals surface area contributed by atoms with Crippen LogP contribution in [-0.2, 0) is 6.54 Å². The minimum Gasteiger partial charge on any atom is -0.497 e. The predicted octanol–water partition coefficient (Wildman–Crippen LogP) is 3.83. The predicted molar refractivity (Wildman–Crippen MR) is 107 cm³/mol. The van der Waals surface area contributed by atoms with Crippen LogP contribution in [0.2, 0.25) is 0 Å². The van der Waals surface area contributed by atoms with Crippen LogP contribution in [0.15, 0.2) is 53.5 Å². The van der Waals surface area contributed by atoms with E-state index < -0.39 is 0 Å². The van der Waals surface area contributed by atoms with Crippen LogP contribution in [0.5, 0.6) is 5.75 Å². The van der Waals surface area contributed by atoms with Gasteiger partial charge in [0.1, 0.15) is 11.3 Å². The number of aryl methyl sites for hydroxylation is 2. The number of nitrogens with one attached hydrogen (secondary N) is 1. The number of aromatic nitrogens is 1. The van der Waals surface area contributed by atoms with E-state index >= 15 is 0 Å². The number of rotatable bonds is 5. The molecule has 1 heterocycles. The van der Waals surface area contributed by atoms with Crippen LogP contribution in [0.25, 0.3) is 10.9 Å². The number of methoxy groups -OCH3 is 1. The summed E-state index contributed by atoms with van der Waals surface area (Å²) in [5, 5.41) is 3.50. The number of hydrogen-bond acceptors (Lipinski definition) is 3. The summed E-state index contributed by atoms with van der Waals surface area (Å²) in [5.74, 6) is 0.391. The third-order valence-corrected chi connectivity index (χ3v) is 4.78. The zero-order valence-electron chi connectivity index (χ0n) is 16.1. The van der Waals surface area contributed by atoms with Gasteiger partial charge in [-0.3, -0.25) is 9.59 Å². The highest BCUT2D eigenvalue weighted by atomic mass is 16.5. The summed E-state index contributed by atoms with van der Waals surface area (Å²) in [4.78, 5) is 25.7. The van der Waals surface area contributed by atoms with Gasteiger partial charge in [-0.2, -0.15) is 0 Å². The molecular formula is C22H24N2O3. The van der Waals surface area contributed by atoms with Crippen molar-refractivity contribution < 1.29 is 9.53 Å². The summed E-state index contributed by atoms with van der Waals surface area (Å²) >= 11 is 0. The summed E-state index contributed by atoms with van der Waals surface area (Å²) in [7, 11) is 1.61. The maximum atomic E-state index is 12.9. The van der Waals surface area contributed by atoms with Crippen molar-refractivity contribution in [1.29, 1.82) is 0 Å². The molecule has 0 saturated carbocycles. The SMILES string of the molecule is CCn1cc(C(=O)NC(C)c2ccc(OC)cc2)c(=O)c2cc(C)ccc21. The number of hydrogen-bond donors (Lipinski definition) is 1. The van der Waals surface area contributed by atoms with E-state index in [0.717, 1.165) is 22.4 Å². The second kappa shape index (κ2) is 7.66. The van der Waals surface area contributed by atoms with Crippen molar-refractivity contribution in [3.8, 4) is 5.75 Å². The van der Waals surface area contributed by atoms with E-state index in [2.05, 4.69) is 5.32 Å². The van der Waals surface area contributed by atoms with Crippen LogP contribution in [0.3, 0.4) is 0 Å². The molecule has 1 N–H and O–H groups in total. The van der Waals surface area contributed by atoms with Gasteiger partial charge in [0, 0.05) is 18.1 Å². The van der Waals surface area contributed by atoms with Gasteiger partial charge in [0.15, 0.2) is 0 Å². The van der Waals surface area contributed by atoms with Crippen LogP contribution >= 0.6 is 0 Å². The first-order valence-electron chi connectivity index (χ1n) is 9.03. The number of fused-ring (bicyclic) bond motifs is 1. The smallest absolute Gasteiger partial charge is 0.257 e. The Morgan fingerprint density at radius 2 is 1.89 bits per heavy atom. The average molecular weight is 364 g/mol. The van der Waals surface area contributed by atoms with Crippen LogP contribution < -0.4 is 15.5 Å². The fraction of sp³-hybridized carbons (Fsp3) is 0.273. The van der Waals surface area contributed by atoms with Crippen molar-refractivity contribution in [2.24, 2.45) is 0 Å². The zero-order chi connectivity index (χ0) is 19.6. The first kappa shape index (κ1) is 18.7. The lowest BCUT2D eigenvalue weighted by Crippen LogP contribution is -2.31. The van der Waals surface area contributed by atoms with Crippen LogP contribution in [0, 0.1) is 6.92 Å². The van der Waals surface area contributed by atoms with Crippen molar-refractivity contribution in [3.63, 3.8) is 0 Å². The molecule has 1 atom stereocenters. The second-order valence-corrected chi connectivity index (χ2v) is 6.65. The van der Waals surface area contributed by atoms with Gasteiger partial charge in [-0.25, -0.2) is 0 Å². The molecule has 1 amide bonds. The summed E-state index contributed by atoms with van der Waals surface area (Å²) in [6.07, 6.45) is 1.65. The zero-order valence-corrected chi connectivity index (χ0v) is 16.1. The quantitative estimate of drug-likeness (QED) is 0.748. The summed E-state index contributed by atoms with van der Waals surface area (Å²) in [6, 6.07) is 13.0. The van der Waals surface area contributed by atoms with E-state index in [1.807, 2.05) is 67.8 Å². The molecule has 0 spiro atoms. The standard InChI is InChI=1S/C22H24N2O3/c1-5-24-13-19(21(25)18-12-14(2)6-11-20(18)24)22(26)23-15(3)16-7-9-17(27-4)10-8-16/h6-13,15H,5H2,1-4H3,(H,23,26). The fourth-order valence-electron chi connectivity index (χ4n) is 3.18. The first-order valence-corrected chi connectivity index (χ1v) is 9.03. The second-order valence-electron chi connectivity index (χ2n) is 6.65. The lowest BCUT2D eigenvalue weighted by Gasteiger charge is -2.16. The number of pyridine rings is 1. The Kier molecular flexibility index (Phi) is 5.31. The Labute approximate surface area is 158 Å². The van der Waals surface area contributed by atoms with Gasteiger partial charge in [-0.1, -0.05) is 23.8 Å². The van der Waals surface area contributed by atoms with Gasteiger partial charge in [0.2, 0.25) is 5.43 Å². The van der Waals surface area contributed by atoms with Gasteiger partial charge in [-0.15, -0.1) is 0 Å². The maximum Gasteiger partial charge on any atom is 0.257 e. The third kappa shape index (κ3) is 3.72. The molecule has 5 heteroatoms. The Hall–Kier alpha value is -3.08. The molecule has 27 heavy (non-hydrogen) atoms. The molecule has 0 aliphatic heterocycles. The molecule has 0 bridgehead atoms. The van der Waals surface area contributed by atoms with E-state index in [4.69, 9.17) is 4.74 Å². The van der Waals surface area contributed by atoms with Crippen molar-refractivity contribution in [3.05, 3.63) is 75.6 Å². The summed E-state index contributed by atoms with van der Waals surface area (Å²) < 4.78 is 7.09. The van der Waals surface area contributed by atoms with Crippen LogP contribution in [0.1, 0.15) is 41.4 Å². The molecule has 3 aromatic rings. The van der Waals surface area contributed by atoms with Crippen LogP contribution in [-0.4, -0.2) is 17.6 Å². The maximum absolute atomic E-state index is 12.9. The molecule has 2 aromatic carbocycles. The van der Waals surface area contributed by atoms with Gasteiger partial charge in [0.05, 0.1) is 18.7 Å². The number of ether oxygens (including phenoxy) is 1. The van der Waals surface area contributed by atoms with E-state index in [1.54, 1.807) is 13.3 Å². The molecule has 0 fully saturated rings. The first-order chi connectivity index (χ1) is 12.9. The monoisotopic (exact) mass is 364 g/mol. The molecule has 1 unspecified atom stereocenters. The Morgan fingerprint density at radius 1 is 1.19 bits per heavy atom. The van der Waals surface area contributed by atoms with Gasteiger partial charge < -0.3 is 14.6 Å². The van der Waals surface area contributed by atoms with Gasteiger partial charge >= 0.3 is 0 Å². The van der Waals surface area contributed by atoms with Crippen molar-refractivity contribution in [1.82, 2.24) is 9.88 Å². The largest absolute Gasteiger partial charge is 0.497 e. The molecule has 140 valence electrons. The highest BCUT2D eigenvalue weighted by molar-refractivity contribution is 5.97. The lowest BCUT2D eigenvalue weighted by molar-refractivity contribution is 0.0938. The van der Waals surface area contributed by atoms with Crippen molar-refractivity contribution in [2.45, 2.75) is 33.4 Å². The number of amides is 1. The molecule has 3 rings (SSSR count). The Bertz CT molecular complexity index is 1040. The highest BCUT2D eigenvalue weighted by Crippen LogP contribution is 2.18. The van der Waals surface area contributed by atoms with Gasteiger partial charge in [0.25, 0.3) is 5.91 Å². The number of carbonyl (C=O) groups is 1. The van der Waals surface area contributed by atoms with E-state index in [0.29, 0.717) is 11.9 Å². The molecule has 1 aromatic heterocycles. The normalized spacial score (nSPS) is 12.0. The van der Waals surface area contributed by atoms with E-state index in [1.165, 1.54) is 0 Å². The highest BCUT2D eigenvalue weighted by Gasteiger charge is 2.17. The third-order valence-electron chi connectivity index (χ3n) is 4.78. The van der Waals surface area contributed by atoms with E-state index in [-0.39, 0.29) is 22.9 Å². The molecule has 5 nitrogen and oxygen atoms in total. The molecule has 0 aliphatic rings. The Morgan fingerprint density at radius 3 is 2.52 bits per heavy atom. The minimum absolute atomic E-state index is 0.162.